The van der Waals surface area contributed by atoms with Crippen molar-refractivity contribution in [1.82, 2.24) is 25.7 Å². The number of alkyl halides is 3. The molecule has 1 heterocycles. The maximum Gasteiger partial charge on any atom is 0.394 e. The normalized spacial score (nSPS) is 19.9. The number of aryl methyl sites for hydroxylation is 1. The third kappa shape index (κ3) is 7.50. The topological polar surface area (TPSA) is 134 Å². The first-order chi connectivity index (χ1) is 21.2. The fourth-order valence-electron chi connectivity index (χ4n) is 6.50. The van der Waals surface area contributed by atoms with E-state index >= 15 is 0 Å². The van der Waals surface area contributed by atoms with Crippen LogP contribution in [-0.4, -0.2) is 51.7 Å². The lowest BCUT2D eigenvalue weighted by molar-refractivity contribution is -0.181. The molecular formula is C32H41F3N6O4. The monoisotopic (exact) mass is 630 g/mol. The maximum atomic E-state index is 13.8. The van der Waals surface area contributed by atoms with E-state index in [1.807, 2.05) is 13.8 Å². The summed E-state index contributed by atoms with van der Waals surface area (Å²) in [6.07, 6.45) is 2.01. The standard InChI is InChI=1S/C32H41F3N6O4/c1-16(2)41-25(13-14-36-41)29(43)40-28(26(19-5-6-19)20-7-8-20)31(45)38-22-10-11-23-21(15-22)9-12-24(23)39-30(44)27(37-18(4)42)17(3)32(33,34)35/h10-11,13-17,19-20,24,26-28H,5-9,12H2,1-4H3,(H,37,42)(H,38,45)(H,39,44)(H,40,43)/t17-,24+,27+,28-/m0/s1. The molecule has 2 aromatic rings. The largest absolute Gasteiger partial charge is 0.394 e. The molecule has 0 unspecified atom stereocenters. The van der Waals surface area contributed by atoms with Gasteiger partial charge in [-0.3, -0.25) is 23.9 Å². The van der Waals surface area contributed by atoms with Crippen LogP contribution < -0.4 is 21.3 Å². The van der Waals surface area contributed by atoms with Crippen LogP contribution in [0, 0.1) is 23.7 Å². The van der Waals surface area contributed by atoms with Gasteiger partial charge in [0, 0.05) is 24.8 Å². The Morgan fingerprint density at radius 3 is 2.16 bits per heavy atom. The van der Waals surface area contributed by atoms with E-state index in [2.05, 4.69) is 26.4 Å². The Morgan fingerprint density at radius 2 is 1.58 bits per heavy atom. The number of fused-ring (bicyclic) bond motifs is 1. The van der Waals surface area contributed by atoms with Gasteiger partial charge in [0.2, 0.25) is 17.7 Å². The minimum absolute atomic E-state index is 0.0277. The van der Waals surface area contributed by atoms with Crippen LogP contribution in [0.5, 0.6) is 0 Å². The number of hydrogen-bond acceptors (Lipinski definition) is 5. The Balaban J connectivity index is 1.30. The predicted octanol–water partition coefficient (Wildman–Crippen LogP) is 4.44. The fourth-order valence-corrected chi connectivity index (χ4v) is 6.50. The predicted molar refractivity (Wildman–Crippen MR) is 160 cm³/mol. The fraction of sp³-hybridized carbons (Fsp3) is 0.594. The smallest absolute Gasteiger partial charge is 0.347 e. The molecular weight excluding hydrogens is 589 g/mol. The number of benzene rings is 1. The lowest BCUT2D eigenvalue weighted by Gasteiger charge is -2.28. The zero-order valence-electron chi connectivity index (χ0n) is 25.9. The quantitative estimate of drug-likeness (QED) is 0.275. The number of carbonyl (C=O) groups excluding carboxylic acids is 4. The SMILES string of the molecule is CC(=O)N[C@@H](C(=O)N[C@@H]1CCc2cc(NC(=O)[C@@H](NC(=O)c3ccnn3C(C)C)C(C3CC3)C3CC3)ccc21)[C@H](C)C(F)(F)F. The first kappa shape index (κ1) is 32.5. The minimum atomic E-state index is -4.67. The van der Waals surface area contributed by atoms with Crippen LogP contribution >= 0.6 is 0 Å². The lowest BCUT2D eigenvalue weighted by atomic mass is 9.88. The molecule has 2 saturated carbocycles. The van der Waals surface area contributed by atoms with Crippen LogP contribution in [0.4, 0.5) is 18.9 Å². The molecule has 45 heavy (non-hydrogen) atoms. The van der Waals surface area contributed by atoms with Gasteiger partial charge < -0.3 is 21.3 Å². The summed E-state index contributed by atoms with van der Waals surface area (Å²) < 4.78 is 41.9. The highest BCUT2D eigenvalue weighted by atomic mass is 19.4. The number of rotatable bonds is 12. The molecule has 0 saturated heterocycles. The molecule has 0 spiro atoms. The Kier molecular flexibility index (Phi) is 9.27. The van der Waals surface area contributed by atoms with Gasteiger partial charge in [-0.15, -0.1) is 0 Å². The molecule has 4 atom stereocenters. The van der Waals surface area contributed by atoms with Crippen LogP contribution in [0.15, 0.2) is 30.5 Å². The van der Waals surface area contributed by atoms with Gasteiger partial charge in [-0.25, -0.2) is 0 Å². The van der Waals surface area contributed by atoms with E-state index in [1.165, 1.54) is 0 Å². The van der Waals surface area contributed by atoms with Gasteiger partial charge in [-0.1, -0.05) is 13.0 Å². The Hall–Kier alpha value is -3.90. The number of anilines is 1. The highest BCUT2D eigenvalue weighted by Crippen LogP contribution is 2.51. The number of nitrogens with one attached hydrogen (secondary N) is 4. The third-order valence-corrected chi connectivity index (χ3v) is 9.14. The molecule has 1 aromatic heterocycles. The van der Waals surface area contributed by atoms with Gasteiger partial charge in [-0.2, -0.15) is 18.3 Å². The molecule has 3 aliphatic carbocycles. The van der Waals surface area contributed by atoms with Crippen LogP contribution in [0.1, 0.15) is 93.5 Å². The summed E-state index contributed by atoms with van der Waals surface area (Å²) in [7, 11) is 0. The summed E-state index contributed by atoms with van der Waals surface area (Å²) in [5.41, 5.74) is 2.51. The van der Waals surface area contributed by atoms with E-state index in [4.69, 9.17) is 0 Å². The zero-order valence-corrected chi connectivity index (χ0v) is 25.9. The average molecular weight is 631 g/mol. The van der Waals surface area contributed by atoms with E-state index in [9.17, 15) is 32.3 Å². The van der Waals surface area contributed by atoms with Crippen molar-refractivity contribution < 1.29 is 32.3 Å². The molecule has 5 rings (SSSR count). The van der Waals surface area contributed by atoms with Crippen molar-refractivity contribution in [3.63, 3.8) is 0 Å². The molecule has 0 radical (unpaired) electrons. The van der Waals surface area contributed by atoms with E-state index < -0.39 is 42.0 Å². The van der Waals surface area contributed by atoms with Crippen LogP contribution in [0.25, 0.3) is 0 Å². The molecule has 4 N–H and O–H groups in total. The molecule has 3 aliphatic rings. The summed E-state index contributed by atoms with van der Waals surface area (Å²) in [5, 5.41) is 15.1. The van der Waals surface area contributed by atoms with Crippen molar-refractivity contribution >= 4 is 29.3 Å². The van der Waals surface area contributed by atoms with Gasteiger partial charge in [0.1, 0.15) is 17.8 Å². The van der Waals surface area contributed by atoms with Crippen molar-refractivity contribution in [1.29, 1.82) is 0 Å². The molecule has 0 bridgehead atoms. The molecule has 1 aromatic carbocycles. The third-order valence-electron chi connectivity index (χ3n) is 9.14. The van der Waals surface area contributed by atoms with Crippen molar-refractivity contribution in [2.24, 2.45) is 23.7 Å². The number of halogens is 3. The van der Waals surface area contributed by atoms with Crippen molar-refractivity contribution in [2.45, 2.75) is 96.6 Å². The number of aromatic nitrogens is 2. The second-order valence-electron chi connectivity index (χ2n) is 13.0. The van der Waals surface area contributed by atoms with Crippen LogP contribution in [0.3, 0.4) is 0 Å². The Labute approximate surface area is 260 Å². The molecule has 2 fully saturated rings. The van der Waals surface area contributed by atoms with Crippen molar-refractivity contribution in [3.05, 3.63) is 47.3 Å². The molecule has 13 heteroatoms. The summed E-state index contributed by atoms with van der Waals surface area (Å²) in [6, 6.07) is 3.83. The highest BCUT2D eigenvalue weighted by Gasteiger charge is 2.49. The summed E-state index contributed by atoms with van der Waals surface area (Å²) in [6.45, 7) is 5.79. The lowest BCUT2D eigenvalue weighted by Crippen LogP contribution is -2.53. The van der Waals surface area contributed by atoms with Gasteiger partial charge in [-0.05, 0) is 99.5 Å². The van der Waals surface area contributed by atoms with Gasteiger partial charge in [0.05, 0.1) is 12.0 Å². The zero-order chi connectivity index (χ0) is 32.6. The van der Waals surface area contributed by atoms with Gasteiger partial charge >= 0.3 is 6.18 Å². The van der Waals surface area contributed by atoms with Crippen molar-refractivity contribution in [2.75, 3.05) is 5.32 Å². The minimum Gasteiger partial charge on any atom is -0.347 e. The number of hydrogen-bond donors (Lipinski definition) is 4. The van der Waals surface area contributed by atoms with E-state index in [-0.39, 0.29) is 23.8 Å². The highest BCUT2D eigenvalue weighted by molar-refractivity contribution is 6.01. The number of amides is 4. The van der Waals surface area contributed by atoms with E-state index in [1.54, 1.807) is 35.1 Å². The molecule has 4 amide bonds. The van der Waals surface area contributed by atoms with Gasteiger partial charge in [0.15, 0.2) is 0 Å². The van der Waals surface area contributed by atoms with Gasteiger partial charge in [0.25, 0.3) is 5.91 Å². The van der Waals surface area contributed by atoms with Crippen molar-refractivity contribution in [3.8, 4) is 0 Å². The van der Waals surface area contributed by atoms with E-state index in [0.29, 0.717) is 36.1 Å². The Bertz CT molecular complexity index is 1440. The summed E-state index contributed by atoms with van der Waals surface area (Å²) in [4.78, 5) is 51.7. The summed E-state index contributed by atoms with van der Waals surface area (Å²) in [5.74, 6) is -3.56. The second kappa shape index (κ2) is 12.8. The van der Waals surface area contributed by atoms with Crippen LogP contribution in [0.2, 0.25) is 0 Å². The first-order valence-electron chi connectivity index (χ1n) is 15.7. The molecule has 244 valence electrons. The summed E-state index contributed by atoms with van der Waals surface area (Å²) >= 11 is 0. The Morgan fingerprint density at radius 1 is 0.911 bits per heavy atom. The average Bonchev–Trinajstić information content (AvgIpc) is 3.90. The van der Waals surface area contributed by atoms with Crippen LogP contribution in [-0.2, 0) is 20.8 Å². The first-order valence-corrected chi connectivity index (χ1v) is 15.7. The van der Waals surface area contributed by atoms with E-state index in [0.717, 1.165) is 50.7 Å². The molecule has 10 nitrogen and oxygen atoms in total. The maximum absolute atomic E-state index is 13.8. The number of carbonyl (C=O) groups is 4. The second-order valence-corrected chi connectivity index (χ2v) is 13.0. The molecule has 0 aliphatic heterocycles. The number of nitrogens with zero attached hydrogens (tertiary/aromatic N) is 2.